The maximum absolute atomic E-state index is 12.3. The first-order valence-corrected chi connectivity index (χ1v) is 8.67. The highest BCUT2D eigenvalue weighted by molar-refractivity contribution is 5.90. The van der Waals surface area contributed by atoms with E-state index >= 15 is 0 Å². The van der Waals surface area contributed by atoms with Gasteiger partial charge in [-0.2, -0.15) is 0 Å². The predicted octanol–water partition coefficient (Wildman–Crippen LogP) is 3.56. The number of ether oxygens (including phenoxy) is 1. The molecule has 0 amide bonds. The number of rotatable bonds is 3. The molecule has 22 heavy (non-hydrogen) atoms. The van der Waals surface area contributed by atoms with Gasteiger partial charge in [0.15, 0.2) is 0 Å². The molecule has 2 heterocycles. The topological polar surface area (TPSA) is 26.3 Å². The van der Waals surface area contributed by atoms with Gasteiger partial charge < -0.3 is 9.22 Å². The Morgan fingerprint density at radius 3 is 2.77 bits per heavy atom. The minimum Gasteiger partial charge on any atom is -0.462 e. The number of benzene rings is 1. The highest BCUT2D eigenvalue weighted by atomic mass is 16.5. The van der Waals surface area contributed by atoms with Crippen LogP contribution in [0.25, 0.3) is 0 Å². The molecule has 0 unspecified atom stereocenters. The number of carbonyl (C=O) groups is 1. The molecule has 1 aromatic carbocycles. The quantitative estimate of drug-likeness (QED) is 0.630. The van der Waals surface area contributed by atoms with Crippen LogP contribution in [0.15, 0.2) is 24.3 Å². The molecule has 0 aliphatic carbocycles. The molecular weight excluding hydrogens is 274 g/mol. The van der Waals surface area contributed by atoms with E-state index in [2.05, 4.69) is 7.05 Å². The summed E-state index contributed by atoms with van der Waals surface area (Å²) < 4.78 is 6.89. The van der Waals surface area contributed by atoms with E-state index in [0.29, 0.717) is 24.1 Å². The Hall–Kier alpha value is -1.35. The molecule has 120 valence electrons. The number of nitrogens with zero attached hydrogens (tertiary/aromatic N) is 1. The van der Waals surface area contributed by atoms with Crippen LogP contribution in [0.5, 0.6) is 0 Å². The van der Waals surface area contributed by atoms with Crippen molar-refractivity contribution in [2.75, 3.05) is 26.7 Å². The Balaban J connectivity index is 1.63. The Labute approximate surface area is 133 Å². The van der Waals surface area contributed by atoms with Gasteiger partial charge in [0.25, 0.3) is 0 Å². The van der Waals surface area contributed by atoms with Crippen LogP contribution < -0.4 is 0 Å². The van der Waals surface area contributed by atoms with E-state index in [1.165, 1.54) is 49.7 Å². The van der Waals surface area contributed by atoms with E-state index in [-0.39, 0.29) is 5.97 Å². The summed E-state index contributed by atoms with van der Waals surface area (Å²) in [7, 11) is 2.40. The fourth-order valence-corrected chi connectivity index (χ4v) is 4.49. The summed E-state index contributed by atoms with van der Waals surface area (Å²) >= 11 is 0. The molecular formula is C19H28NO2+. The highest BCUT2D eigenvalue weighted by Gasteiger charge is 2.43. The van der Waals surface area contributed by atoms with Gasteiger partial charge in [-0.25, -0.2) is 4.79 Å². The molecule has 2 fully saturated rings. The Kier molecular flexibility index (Phi) is 4.53. The number of hydrogen-bond donors (Lipinski definition) is 0. The van der Waals surface area contributed by atoms with Crippen molar-refractivity contribution in [3.05, 3.63) is 35.4 Å². The second kappa shape index (κ2) is 6.41. The molecule has 3 rings (SSSR count). The van der Waals surface area contributed by atoms with E-state index in [1.54, 1.807) is 0 Å². The van der Waals surface area contributed by atoms with Crippen molar-refractivity contribution in [1.29, 1.82) is 0 Å². The van der Waals surface area contributed by atoms with Crippen LogP contribution in [0.2, 0.25) is 0 Å². The van der Waals surface area contributed by atoms with Crippen molar-refractivity contribution in [2.24, 2.45) is 5.92 Å². The summed E-state index contributed by atoms with van der Waals surface area (Å²) in [5, 5.41) is 0. The summed E-state index contributed by atoms with van der Waals surface area (Å²) in [4.78, 5) is 12.3. The lowest BCUT2D eigenvalue weighted by Gasteiger charge is -2.51. The van der Waals surface area contributed by atoms with Gasteiger partial charge in [-0.1, -0.05) is 18.2 Å². The van der Waals surface area contributed by atoms with E-state index in [4.69, 9.17) is 4.74 Å². The first-order chi connectivity index (χ1) is 10.6. The zero-order valence-electron chi connectivity index (χ0n) is 13.9. The number of piperidine rings is 2. The first-order valence-electron chi connectivity index (χ1n) is 8.67. The second-order valence-corrected chi connectivity index (χ2v) is 7.31. The molecule has 2 aliphatic heterocycles. The Bertz CT molecular complexity index is 538. The summed E-state index contributed by atoms with van der Waals surface area (Å²) in [5.74, 6) is 0.376. The highest BCUT2D eigenvalue weighted by Crippen LogP contribution is 2.36. The second-order valence-electron chi connectivity index (χ2n) is 7.31. The Morgan fingerprint density at radius 2 is 1.95 bits per heavy atom. The zero-order valence-corrected chi connectivity index (χ0v) is 13.9. The number of fused-ring (bicyclic) bond motifs is 1. The van der Waals surface area contributed by atoms with E-state index < -0.39 is 0 Å². The molecule has 0 aromatic heterocycles. The van der Waals surface area contributed by atoms with Gasteiger partial charge in [0.05, 0.1) is 31.7 Å². The van der Waals surface area contributed by atoms with Gasteiger partial charge in [-0.15, -0.1) is 0 Å². The Morgan fingerprint density at radius 1 is 1.18 bits per heavy atom. The normalized spacial score (nSPS) is 31.4. The molecule has 3 heteroatoms. The third kappa shape index (κ3) is 3.05. The van der Waals surface area contributed by atoms with E-state index in [0.717, 1.165) is 5.56 Å². The lowest BCUT2D eigenvalue weighted by atomic mass is 9.82. The average Bonchev–Trinajstić information content (AvgIpc) is 2.52. The van der Waals surface area contributed by atoms with Gasteiger partial charge in [0.2, 0.25) is 0 Å². The van der Waals surface area contributed by atoms with Crippen LogP contribution in [0.1, 0.15) is 48.0 Å². The van der Waals surface area contributed by atoms with Crippen LogP contribution in [-0.2, 0) is 4.74 Å². The van der Waals surface area contributed by atoms with Crippen molar-refractivity contribution in [1.82, 2.24) is 0 Å². The third-order valence-electron chi connectivity index (χ3n) is 5.80. The molecule has 0 N–H and O–H groups in total. The van der Waals surface area contributed by atoms with Gasteiger partial charge >= 0.3 is 5.97 Å². The van der Waals surface area contributed by atoms with Crippen LogP contribution >= 0.6 is 0 Å². The van der Waals surface area contributed by atoms with Crippen molar-refractivity contribution in [3.8, 4) is 0 Å². The number of carbonyl (C=O) groups excluding carboxylic acids is 1. The molecule has 2 saturated heterocycles. The maximum atomic E-state index is 12.3. The molecule has 0 bridgehead atoms. The van der Waals surface area contributed by atoms with Gasteiger partial charge in [0, 0.05) is 12.3 Å². The standard InChI is InChI=1S/C19H28NO2/c1-15-8-3-4-10-17(15)19(21)22-14-16-9-7-13-20(2)12-6-5-11-18(16)20/h3-4,8,10,16,18H,5-7,9,11-14H2,1-2H3/q+1/t16-,18-,20+/m0/s1. The minimum atomic E-state index is -0.159. The first kappa shape index (κ1) is 15.5. The third-order valence-corrected chi connectivity index (χ3v) is 5.80. The van der Waals surface area contributed by atoms with Crippen LogP contribution in [0, 0.1) is 12.8 Å². The van der Waals surface area contributed by atoms with Crippen molar-refractivity contribution >= 4 is 5.97 Å². The fraction of sp³-hybridized carbons (Fsp3) is 0.632. The molecule has 3 nitrogen and oxygen atoms in total. The van der Waals surface area contributed by atoms with Crippen LogP contribution in [0.3, 0.4) is 0 Å². The monoisotopic (exact) mass is 302 g/mol. The predicted molar refractivity (Wildman–Crippen MR) is 87.7 cm³/mol. The van der Waals surface area contributed by atoms with Crippen LogP contribution in [-0.4, -0.2) is 43.2 Å². The molecule has 2 aliphatic rings. The molecule has 3 atom stereocenters. The molecule has 0 saturated carbocycles. The average molecular weight is 302 g/mol. The van der Waals surface area contributed by atoms with E-state index in [9.17, 15) is 4.79 Å². The molecule has 0 spiro atoms. The maximum Gasteiger partial charge on any atom is 0.338 e. The van der Waals surface area contributed by atoms with Crippen molar-refractivity contribution in [2.45, 2.75) is 45.1 Å². The summed E-state index contributed by atoms with van der Waals surface area (Å²) in [5.41, 5.74) is 1.70. The van der Waals surface area contributed by atoms with Gasteiger partial charge in [0.1, 0.15) is 6.61 Å². The SMILES string of the molecule is Cc1ccccc1C(=O)OC[C@@H]1CCC[N@@+]2(C)CCCC[C@@H]12. The number of aryl methyl sites for hydroxylation is 1. The number of hydrogen-bond acceptors (Lipinski definition) is 2. The summed E-state index contributed by atoms with van der Waals surface area (Å²) in [6, 6.07) is 8.37. The molecule has 1 aromatic rings. The van der Waals surface area contributed by atoms with Gasteiger partial charge in [-0.05, 0) is 44.2 Å². The lowest BCUT2D eigenvalue weighted by Crippen LogP contribution is -2.61. The molecule has 0 radical (unpaired) electrons. The fourth-order valence-electron chi connectivity index (χ4n) is 4.49. The largest absolute Gasteiger partial charge is 0.462 e. The zero-order chi connectivity index (χ0) is 15.6. The van der Waals surface area contributed by atoms with Crippen molar-refractivity contribution in [3.63, 3.8) is 0 Å². The number of quaternary nitrogens is 1. The smallest absolute Gasteiger partial charge is 0.338 e. The summed E-state index contributed by atoms with van der Waals surface area (Å²) in [6.07, 6.45) is 6.45. The minimum absolute atomic E-state index is 0.159. The lowest BCUT2D eigenvalue weighted by molar-refractivity contribution is -0.947. The summed E-state index contributed by atoms with van der Waals surface area (Å²) in [6.45, 7) is 5.15. The van der Waals surface area contributed by atoms with Gasteiger partial charge in [-0.3, -0.25) is 0 Å². The van der Waals surface area contributed by atoms with Crippen LogP contribution in [0.4, 0.5) is 0 Å². The van der Waals surface area contributed by atoms with E-state index in [1.807, 2.05) is 31.2 Å². The van der Waals surface area contributed by atoms with Crippen molar-refractivity contribution < 1.29 is 14.0 Å². The number of esters is 1.